The molecule has 3 nitrogen and oxygen atoms in total. The Balaban J connectivity index is 2.43. The van der Waals surface area contributed by atoms with E-state index in [-0.39, 0.29) is 11.9 Å². The van der Waals surface area contributed by atoms with E-state index in [1.54, 1.807) is 19.3 Å². The summed E-state index contributed by atoms with van der Waals surface area (Å²) in [6.45, 7) is 4.26. The van der Waals surface area contributed by atoms with E-state index in [1.807, 2.05) is 19.1 Å². The third kappa shape index (κ3) is 3.17. The number of rotatable bonds is 4. The van der Waals surface area contributed by atoms with Crippen LogP contribution in [0.1, 0.15) is 31.7 Å². The number of carbonyl (C=O) groups excluding carboxylic acids is 1. The van der Waals surface area contributed by atoms with Gasteiger partial charge in [0, 0.05) is 24.7 Å². The van der Waals surface area contributed by atoms with Gasteiger partial charge >= 0.3 is 5.97 Å². The highest BCUT2D eigenvalue weighted by atomic mass is 16.5. The van der Waals surface area contributed by atoms with Gasteiger partial charge in [-0.15, -0.1) is 0 Å². The van der Waals surface area contributed by atoms with E-state index < -0.39 is 0 Å². The third-order valence-corrected chi connectivity index (χ3v) is 2.06. The summed E-state index contributed by atoms with van der Waals surface area (Å²) in [4.78, 5) is 14.8. The normalized spacial score (nSPS) is 12.1. The minimum absolute atomic E-state index is 0.147. The molecule has 0 aliphatic heterocycles. The molecule has 1 heterocycles. The molecule has 3 heteroatoms. The van der Waals surface area contributed by atoms with E-state index in [0.717, 1.165) is 5.56 Å². The van der Waals surface area contributed by atoms with Crippen LogP contribution in [0.5, 0.6) is 0 Å². The Bertz CT molecular complexity index is 285. The van der Waals surface area contributed by atoms with Crippen molar-refractivity contribution in [1.29, 1.82) is 0 Å². The first-order valence-electron chi connectivity index (χ1n) is 4.79. The van der Waals surface area contributed by atoms with E-state index in [9.17, 15) is 4.79 Å². The Kier molecular flexibility index (Phi) is 4.11. The summed E-state index contributed by atoms with van der Waals surface area (Å²) >= 11 is 0. The number of pyridine rings is 1. The molecule has 0 aliphatic carbocycles. The predicted octanol–water partition coefficient (Wildman–Crippen LogP) is 2.14. The van der Waals surface area contributed by atoms with Crippen LogP contribution in [0.3, 0.4) is 0 Å². The van der Waals surface area contributed by atoms with Crippen molar-refractivity contribution < 1.29 is 9.53 Å². The molecule has 0 saturated heterocycles. The highest BCUT2D eigenvalue weighted by Crippen LogP contribution is 2.13. The van der Waals surface area contributed by atoms with Crippen LogP contribution in [-0.4, -0.2) is 17.6 Å². The van der Waals surface area contributed by atoms with Crippen molar-refractivity contribution in [3.05, 3.63) is 30.1 Å². The zero-order valence-electron chi connectivity index (χ0n) is 8.56. The highest BCUT2D eigenvalue weighted by molar-refractivity contribution is 5.68. The van der Waals surface area contributed by atoms with Crippen molar-refractivity contribution in [2.45, 2.75) is 26.2 Å². The van der Waals surface area contributed by atoms with Crippen molar-refractivity contribution >= 4 is 5.97 Å². The van der Waals surface area contributed by atoms with Gasteiger partial charge in [-0.25, -0.2) is 0 Å². The molecular weight excluding hydrogens is 178 g/mol. The zero-order chi connectivity index (χ0) is 10.4. The van der Waals surface area contributed by atoms with Crippen LogP contribution in [0.2, 0.25) is 0 Å². The summed E-state index contributed by atoms with van der Waals surface area (Å²) in [5, 5.41) is 0. The van der Waals surface area contributed by atoms with E-state index >= 15 is 0 Å². The number of hydrogen-bond donors (Lipinski definition) is 0. The van der Waals surface area contributed by atoms with Gasteiger partial charge in [-0.3, -0.25) is 9.78 Å². The first-order chi connectivity index (χ1) is 6.74. The molecule has 0 N–H and O–H groups in total. The average molecular weight is 193 g/mol. The topological polar surface area (TPSA) is 39.2 Å². The van der Waals surface area contributed by atoms with E-state index in [0.29, 0.717) is 13.0 Å². The molecule has 0 aliphatic rings. The van der Waals surface area contributed by atoms with Gasteiger partial charge in [0.15, 0.2) is 0 Å². The molecule has 0 amide bonds. The van der Waals surface area contributed by atoms with Gasteiger partial charge in [-0.05, 0) is 17.7 Å². The molecule has 1 rings (SSSR count). The summed E-state index contributed by atoms with van der Waals surface area (Å²) in [6.07, 6.45) is 3.92. The molecule has 0 spiro atoms. The van der Waals surface area contributed by atoms with Gasteiger partial charge in [-0.1, -0.05) is 13.8 Å². The summed E-state index contributed by atoms with van der Waals surface area (Å²) < 4.78 is 5.05. The van der Waals surface area contributed by atoms with Crippen molar-refractivity contribution in [2.75, 3.05) is 6.61 Å². The van der Waals surface area contributed by atoms with Gasteiger partial charge in [0.2, 0.25) is 0 Å². The van der Waals surface area contributed by atoms with Crippen LogP contribution < -0.4 is 0 Å². The van der Waals surface area contributed by atoms with Crippen LogP contribution in [0, 0.1) is 0 Å². The van der Waals surface area contributed by atoms with Crippen molar-refractivity contribution in [3.8, 4) is 0 Å². The maximum Gasteiger partial charge on any atom is 0.305 e. The highest BCUT2D eigenvalue weighted by Gasteiger charge is 2.07. The Labute approximate surface area is 84.1 Å². The Morgan fingerprint density at radius 2 is 2.14 bits per heavy atom. The predicted molar refractivity (Wildman–Crippen MR) is 53.9 cm³/mol. The molecule has 1 atom stereocenters. The second-order valence-electron chi connectivity index (χ2n) is 3.22. The Morgan fingerprint density at radius 1 is 1.50 bits per heavy atom. The van der Waals surface area contributed by atoms with E-state index in [2.05, 4.69) is 4.98 Å². The fourth-order valence-electron chi connectivity index (χ4n) is 1.11. The molecule has 1 unspecified atom stereocenters. The molecule has 14 heavy (non-hydrogen) atoms. The number of aromatic nitrogens is 1. The Hall–Kier alpha value is -1.38. The quantitative estimate of drug-likeness (QED) is 0.688. The number of carbonyl (C=O) groups is 1. The van der Waals surface area contributed by atoms with Gasteiger partial charge in [0.05, 0.1) is 6.61 Å². The van der Waals surface area contributed by atoms with Crippen LogP contribution in [0.15, 0.2) is 24.5 Å². The van der Waals surface area contributed by atoms with Crippen LogP contribution in [0.25, 0.3) is 0 Å². The van der Waals surface area contributed by atoms with Gasteiger partial charge in [0.1, 0.15) is 0 Å². The minimum Gasteiger partial charge on any atom is -0.465 e. The lowest BCUT2D eigenvalue weighted by Crippen LogP contribution is -2.09. The lowest BCUT2D eigenvalue weighted by molar-refractivity contribution is -0.143. The zero-order valence-corrected chi connectivity index (χ0v) is 8.56. The van der Waals surface area contributed by atoms with Crippen LogP contribution in [-0.2, 0) is 9.53 Å². The smallest absolute Gasteiger partial charge is 0.305 e. The second-order valence-corrected chi connectivity index (χ2v) is 3.22. The molecule has 0 fully saturated rings. The molecule has 0 radical (unpaired) electrons. The molecule has 76 valence electrons. The molecule has 0 aromatic carbocycles. The standard InChI is InChI=1S/C11H15NO2/c1-3-11(13)14-8-9(2)10-4-6-12-7-5-10/h4-7,9H,3,8H2,1-2H3. The number of esters is 1. The summed E-state index contributed by atoms with van der Waals surface area (Å²) in [6, 6.07) is 3.87. The van der Waals surface area contributed by atoms with Gasteiger partial charge in [-0.2, -0.15) is 0 Å². The van der Waals surface area contributed by atoms with Gasteiger partial charge < -0.3 is 4.74 Å². The fraction of sp³-hybridized carbons (Fsp3) is 0.455. The number of hydrogen-bond acceptors (Lipinski definition) is 3. The van der Waals surface area contributed by atoms with Crippen molar-refractivity contribution in [3.63, 3.8) is 0 Å². The molecular formula is C11H15NO2. The average Bonchev–Trinajstić information content (AvgIpc) is 2.26. The molecule has 1 aromatic rings. The maximum atomic E-state index is 10.9. The van der Waals surface area contributed by atoms with Crippen LogP contribution in [0.4, 0.5) is 0 Å². The minimum atomic E-state index is -0.147. The molecule has 1 aromatic heterocycles. The number of nitrogens with zero attached hydrogens (tertiary/aromatic N) is 1. The van der Waals surface area contributed by atoms with Crippen LogP contribution >= 0.6 is 0 Å². The maximum absolute atomic E-state index is 10.9. The monoisotopic (exact) mass is 193 g/mol. The SMILES string of the molecule is CCC(=O)OCC(C)c1ccncc1. The van der Waals surface area contributed by atoms with E-state index in [4.69, 9.17) is 4.74 Å². The fourth-order valence-corrected chi connectivity index (χ4v) is 1.11. The lowest BCUT2D eigenvalue weighted by Gasteiger charge is -2.11. The van der Waals surface area contributed by atoms with Crippen molar-refractivity contribution in [2.24, 2.45) is 0 Å². The van der Waals surface area contributed by atoms with E-state index in [1.165, 1.54) is 0 Å². The molecule has 0 bridgehead atoms. The van der Waals surface area contributed by atoms with Crippen molar-refractivity contribution in [1.82, 2.24) is 4.98 Å². The summed E-state index contributed by atoms with van der Waals surface area (Å²) in [7, 11) is 0. The largest absolute Gasteiger partial charge is 0.465 e. The summed E-state index contributed by atoms with van der Waals surface area (Å²) in [5.41, 5.74) is 1.14. The van der Waals surface area contributed by atoms with Gasteiger partial charge in [0.25, 0.3) is 0 Å². The Morgan fingerprint density at radius 3 is 2.71 bits per heavy atom. The third-order valence-electron chi connectivity index (χ3n) is 2.06. The summed E-state index contributed by atoms with van der Waals surface area (Å²) in [5.74, 6) is 0.0828. The number of ether oxygens (including phenoxy) is 1. The lowest BCUT2D eigenvalue weighted by atomic mass is 10.0. The first kappa shape index (κ1) is 10.7. The molecule has 0 saturated carbocycles. The second kappa shape index (κ2) is 5.37. The first-order valence-corrected chi connectivity index (χ1v) is 4.79.